The lowest BCUT2D eigenvalue weighted by molar-refractivity contribution is 0.100. The Morgan fingerprint density at radius 1 is 1.00 bits per heavy atom. The fourth-order valence-corrected chi connectivity index (χ4v) is 4.05. The van der Waals surface area contributed by atoms with Gasteiger partial charge >= 0.3 is 0 Å². The number of nitrogens with two attached hydrogens (primary N) is 1. The maximum Gasteiger partial charge on any atom is 0.249 e. The molecule has 0 aliphatic heterocycles. The first-order valence-corrected chi connectivity index (χ1v) is 9.54. The van der Waals surface area contributed by atoms with E-state index in [1.165, 1.54) is 0 Å². The van der Waals surface area contributed by atoms with E-state index in [0.717, 1.165) is 38.7 Å². The van der Waals surface area contributed by atoms with Gasteiger partial charge in [-0.15, -0.1) is 0 Å². The molecule has 0 saturated heterocycles. The summed E-state index contributed by atoms with van der Waals surface area (Å²) in [5, 5.41) is 11.3. The van der Waals surface area contributed by atoms with Crippen LogP contribution in [0.5, 0.6) is 0 Å². The number of carbonyl (C=O) groups excluding carboxylic acids is 1. The molecule has 0 bridgehead atoms. The average Bonchev–Trinajstić information content (AvgIpc) is 3.41. The lowest BCUT2D eigenvalue weighted by atomic mass is 10.0. The van der Waals surface area contributed by atoms with E-state index in [2.05, 4.69) is 10.6 Å². The van der Waals surface area contributed by atoms with Gasteiger partial charge in [0.05, 0.1) is 28.9 Å². The van der Waals surface area contributed by atoms with Crippen molar-refractivity contribution in [1.29, 1.82) is 5.26 Å². The number of nitrogens with zero attached hydrogens (tertiary/aromatic N) is 2. The summed E-state index contributed by atoms with van der Waals surface area (Å²) in [7, 11) is 0. The van der Waals surface area contributed by atoms with E-state index >= 15 is 0 Å². The molecule has 30 heavy (non-hydrogen) atoms. The first-order chi connectivity index (χ1) is 14.7. The molecule has 1 amide bonds. The second-order valence-electron chi connectivity index (χ2n) is 7.13. The summed E-state index contributed by atoms with van der Waals surface area (Å²) in [5.41, 5.74) is 10.5. The molecule has 2 aromatic heterocycles. The van der Waals surface area contributed by atoms with E-state index in [9.17, 15) is 10.1 Å². The Morgan fingerprint density at radius 3 is 2.63 bits per heavy atom. The topological polar surface area (TPSA) is 84.9 Å². The zero-order valence-electron chi connectivity index (χ0n) is 16.0. The highest BCUT2D eigenvalue weighted by Crippen LogP contribution is 2.35. The fourth-order valence-electron chi connectivity index (χ4n) is 4.05. The van der Waals surface area contributed by atoms with Crippen LogP contribution in [-0.2, 0) is 6.54 Å². The summed E-state index contributed by atoms with van der Waals surface area (Å²) in [6.07, 6.45) is 1.64. The molecule has 5 rings (SSSR count). The first kappa shape index (κ1) is 17.8. The highest BCUT2D eigenvalue weighted by molar-refractivity contribution is 6.18. The maximum atomic E-state index is 12.1. The smallest absolute Gasteiger partial charge is 0.249 e. The van der Waals surface area contributed by atoms with Gasteiger partial charge in [0.25, 0.3) is 0 Å². The van der Waals surface area contributed by atoms with E-state index < -0.39 is 5.91 Å². The molecule has 3 aromatic carbocycles. The normalized spacial score (nSPS) is 11.0. The van der Waals surface area contributed by atoms with Crippen molar-refractivity contribution in [3.8, 4) is 17.4 Å². The van der Waals surface area contributed by atoms with Crippen molar-refractivity contribution < 1.29 is 9.21 Å². The Labute approximate surface area is 172 Å². The highest BCUT2D eigenvalue weighted by Gasteiger charge is 2.18. The SMILES string of the molecule is N#Cc1ccccc1Cn1c2cc(-c3ccco3)ccc2c2c(C(N)=O)cccc21. The monoisotopic (exact) mass is 391 g/mol. The van der Waals surface area contributed by atoms with Crippen molar-refractivity contribution in [3.63, 3.8) is 0 Å². The van der Waals surface area contributed by atoms with E-state index in [0.29, 0.717) is 17.7 Å². The van der Waals surface area contributed by atoms with Crippen LogP contribution in [0.3, 0.4) is 0 Å². The van der Waals surface area contributed by atoms with E-state index in [-0.39, 0.29) is 0 Å². The van der Waals surface area contributed by atoms with Crippen LogP contribution in [0.2, 0.25) is 0 Å². The average molecular weight is 391 g/mol. The molecule has 0 fully saturated rings. The Hall–Kier alpha value is -4.30. The van der Waals surface area contributed by atoms with Crippen LogP contribution in [-0.4, -0.2) is 10.5 Å². The van der Waals surface area contributed by atoms with Crippen LogP contribution in [0.25, 0.3) is 33.1 Å². The van der Waals surface area contributed by atoms with Crippen molar-refractivity contribution in [3.05, 3.63) is 95.7 Å². The van der Waals surface area contributed by atoms with Crippen LogP contribution in [0.4, 0.5) is 0 Å². The third-order valence-electron chi connectivity index (χ3n) is 5.43. The van der Waals surface area contributed by atoms with E-state index in [1.54, 1.807) is 12.3 Å². The van der Waals surface area contributed by atoms with Gasteiger partial charge in [0.15, 0.2) is 0 Å². The molecule has 2 N–H and O–H groups in total. The van der Waals surface area contributed by atoms with Crippen LogP contribution in [0, 0.1) is 11.3 Å². The fraction of sp³-hybridized carbons (Fsp3) is 0.0400. The molecular weight excluding hydrogens is 374 g/mol. The van der Waals surface area contributed by atoms with Crippen LogP contribution < -0.4 is 5.73 Å². The van der Waals surface area contributed by atoms with Crippen molar-refractivity contribution >= 4 is 27.7 Å². The van der Waals surface area contributed by atoms with Crippen LogP contribution >= 0.6 is 0 Å². The maximum absolute atomic E-state index is 12.1. The number of hydrogen-bond acceptors (Lipinski definition) is 3. The quantitative estimate of drug-likeness (QED) is 0.464. The first-order valence-electron chi connectivity index (χ1n) is 9.54. The van der Waals surface area contributed by atoms with Gasteiger partial charge in [-0.05, 0) is 42.0 Å². The molecule has 5 nitrogen and oxygen atoms in total. The van der Waals surface area contributed by atoms with Crippen LogP contribution in [0.15, 0.2) is 83.5 Å². The number of aromatic nitrogens is 1. The summed E-state index contributed by atoms with van der Waals surface area (Å²) in [6.45, 7) is 0.494. The molecular formula is C25H17N3O2. The second kappa shape index (κ2) is 6.94. The molecule has 0 atom stereocenters. The summed E-state index contributed by atoms with van der Waals surface area (Å²) in [5.74, 6) is 0.299. The van der Waals surface area contributed by atoms with Crippen molar-refractivity contribution in [2.24, 2.45) is 5.73 Å². The third kappa shape index (κ3) is 2.75. The molecule has 0 saturated carbocycles. The molecule has 0 unspecified atom stereocenters. The van der Waals surface area contributed by atoms with Gasteiger partial charge in [0, 0.05) is 28.4 Å². The second-order valence-corrected chi connectivity index (χ2v) is 7.13. The molecule has 0 radical (unpaired) electrons. The number of fused-ring (bicyclic) bond motifs is 3. The standard InChI is InChI=1S/C25H17N3O2/c26-14-17-5-1-2-6-18(17)15-28-21-8-3-7-20(25(27)29)24(21)19-11-10-16(13-22(19)28)23-9-4-12-30-23/h1-13H,15H2,(H2,27,29). The number of hydrogen-bond donors (Lipinski definition) is 1. The van der Waals surface area contributed by atoms with E-state index in [1.807, 2.05) is 66.7 Å². The predicted molar refractivity (Wildman–Crippen MR) is 116 cm³/mol. The van der Waals surface area contributed by atoms with Crippen molar-refractivity contribution in [1.82, 2.24) is 4.57 Å². The minimum atomic E-state index is -0.466. The molecule has 0 spiro atoms. The van der Waals surface area contributed by atoms with Gasteiger partial charge in [-0.1, -0.05) is 36.4 Å². The van der Waals surface area contributed by atoms with Gasteiger partial charge in [-0.25, -0.2) is 0 Å². The summed E-state index contributed by atoms with van der Waals surface area (Å²) in [6, 6.07) is 25.1. The minimum Gasteiger partial charge on any atom is -0.464 e. The van der Waals surface area contributed by atoms with Gasteiger partial charge in [-0.3, -0.25) is 4.79 Å². The largest absolute Gasteiger partial charge is 0.464 e. The molecule has 5 aromatic rings. The summed E-state index contributed by atoms with van der Waals surface area (Å²) >= 11 is 0. The number of benzene rings is 3. The number of nitriles is 1. The number of rotatable bonds is 4. The Morgan fingerprint density at radius 2 is 1.87 bits per heavy atom. The lowest BCUT2D eigenvalue weighted by Crippen LogP contribution is -2.11. The Bertz CT molecular complexity index is 1450. The molecule has 2 heterocycles. The van der Waals surface area contributed by atoms with Gasteiger partial charge in [0.1, 0.15) is 5.76 Å². The predicted octanol–water partition coefficient (Wildman–Crippen LogP) is 5.07. The third-order valence-corrected chi connectivity index (χ3v) is 5.43. The van der Waals surface area contributed by atoms with Gasteiger partial charge in [0.2, 0.25) is 5.91 Å². The zero-order chi connectivity index (χ0) is 20.7. The van der Waals surface area contributed by atoms with E-state index in [4.69, 9.17) is 10.2 Å². The molecule has 5 heteroatoms. The van der Waals surface area contributed by atoms with Crippen LogP contribution in [0.1, 0.15) is 21.5 Å². The van der Waals surface area contributed by atoms with Gasteiger partial charge < -0.3 is 14.7 Å². The molecule has 0 aliphatic carbocycles. The zero-order valence-corrected chi connectivity index (χ0v) is 16.0. The van der Waals surface area contributed by atoms with Gasteiger partial charge in [-0.2, -0.15) is 5.26 Å². The van der Waals surface area contributed by atoms with Crippen molar-refractivity contribution in [2.75, 3.05) is 0 Å². The lowest BCUT2D eigenvalue weighted by Gasteiger charge is -2.10. The number of amides is 1. The Balaban J connectivity index is 1.84. The summed E-state index contributed by atoms with van der Waals surface area (Å²) in [4.78, 5) is 12.1. The summed E-state index contributed by atoms with van der Waals surface area (Å²) < 4.78 is 7.70. The highest BCUT2D eigenvalue weighted by atomic mass is 16.3. The number of carbonyl (C=O) groups is 1. The molecule has 144 valence electrons. The minimum absolute atomic E-state index is 0.466. The Kier molecular flexibility index (Phi) is 4.11. The number of furan rings is 1. The molecule has 0 aliphatic rings. The number of primary amides is 1. The van der Waals surface area contributed by atoms with Crippen molar-refractivity contribution in [2.45, 2.75) is 6.54 Å².